The first kappa shape index (κ1) is 12.7. The fourth-order valence-electron chi connectivity index (χ4n) is 4.05. The van der Waals surface area contributed by atoms with Crippen molar-refractivity contribution in [1.29, 1.82) is 0 Å². The van der Waals surface area contributed by atoms with Crippen molar-refractivity contribution in [1.82, 2.24) is 0 Å². The van der Waals surface area contributed by atoms with E-state index < -0.39 is 0 Å². The second-order valence-electron chi connectivity index (χ2n) is 6.12. The molecule has 0 bridgehead atoms. The molecule has 0 radical (unpaired) electrons. The molecule has 100 valence electrons. The summed E-state index contributed by atoms with van der Waals surface area (Å²) in [5, 5.41) is 2.89. The van der Waals surface area contributed by atoms with E-state index in [0.29, 0.717) is 5.41 Å². The molecule has 0 nitrogen and oxygen atoms in total. The first-order valence-corrected chi connectivity index (χ1v) is 7.84. The molecule has 19 heavy (non-hydrogen) atoms. The van der Waals surface area contributed by atoms with E-state index in [4.69, 9.17) is 0 Å². The summed E-state index contributed by atoms with van der Waals surface area (Å²) in [7, 11) is 0. The molecule has 1 saturated carbocycles. The monoisotopic (exact) mass is 252 g/mol. The Kier molecular flexibility index (Phi) is 3.59. The van der Waals surface area contributed by atoms with Crippen molar-refractivity contribution in [2.24, 2.45) is 0 Å². The fourth-order valence-corrected chi connectivity index (χ4v) is 4.05. The first-order chi connectivity index (χ1) is 9.36. The normalized spacial score (nSPS) is 18.6. The van der Waals surface area contributed by atoms with Crippen molar-refractivity contribution in [2.45, 2.75) is 57.3 Å². The van der Waals surface area contributed by atoms with Gasteiger partial charge in [0.2, 0.25) is 0 Å². The molecule has 0 heterocycles. The Morgan fingerprint density at radius 2 is 1.63 bits per heavy atom. The third-order valence-electron chi connectivity index (χ3n) is 4.90. The Morgan fingerprint density at radius 1 is 0.895 bits per heavy atom. The van der Waals surface area contributed by atoms with Crippen LogP contribution in [0.15, 0.2) is 42.5 Å². The SMILES string of the molecule is CCCC1(c2cccc3ccccc23)CCCCC1. The van der Waals surface area contributed by atoms with E-state index in [1.54, 1.807) is 5.56 Å². The minimum atomic E-state index is 0.452. The van der Waals surface area contributed by atoms with Gasteiger partial charge in [0.05, 0.1) is 0 Å². The Balaban J connectivity index is 2.14. The van der Waals surface area contributed by atoms with Crippen molar-refractivity contribution >= 4 is 10.8 Å². The van der Waals surface area contributed by atoms with E-state index in [9.17, 15) is 0 Å². The molecule has 2 aromatic carbocycles. The van der Waals surface area contributed by atoms with Crippen LogP contribution in [-0.4, -0.2) is 0 Å². The van der Waals surface area contributed by atoms with Gasteiger partial charge in [-0.3, -0.25) is 0 Å². The molecule has 2 aromatic rings. The average Bonchev–Trinajstić information content (AvgIpc) is 2.48. The zero-order valence-electron chi connectivity index (χ0n) is 12.0. The van der Waals surface area contributed by atoms with Gasteiger partial charge in [0.1, 0.15) is 0 Å². The standard InChI is InChI=1S/C19H24/c1-2-13-19(14-6-3-7-15-19)18-12-8-10-16-9-4-5-11-17(16)18/h4-5,8-12H,2-3,6-7,13-15H2,1H3. The first-order valence-electron chi connectivity index (χ1n) is 7.84. The highest BCUT2D eigenvalue weighted by molar-refractivity contribution is 5.86. The molecule has 0 heteroatoms. The molecule has 0 aliphatic heterocycles. The molecule has 1 aliphatic rings. The lowest BCUT2D eigenvalue weighted by Crippen LogP contribution is -2.29. The molecule has 3 rings (SSSR count). The Hall–Kier alpha value is -1.30. The van der Waals surface area contributed by atoms with Crippen LogP contribution in [-0.2, 0) is 5.41 Å². The number of rotatable bonds is 3. The van der Waals surface area contributed by atoms with E-state index in [-0.39, 0.29) is 0 Å². The van der Waals surface area contributed by atoms with Crippen molar-refractivity contribution in [3.63, 3.8) is 0 Å². The highest BCUT2D eigenvalue weighted by Crippen LogP contribution is 2.45. The second kappa shape index (κ2) is 5.36. The quantitative estimate of drug-likeness (QED) is 0.643. The van der Waals surface area contributed by atoms with Crippen LogP contribution in [0.4, 0.5) is 0 Å². The lowest BCUT2D eigenvalue weighted by molar-refractivity contribution is 0.274. The lowest BCUT2D eigenvalue weighted by Gasteiger charge is -2.38. The fraction of sp³-hybridized carbons (Fsp3) is 0.474. The molecular formula is C19H24. The van der Waals surface area contributed by atoms with Crippen molar-refractivity contribution in [3.8, 4) is 0 Å². The van der Waals surface area contributed by atoms with Gasteiger partial charge >= 0.3 is 0 Å². The van der Waals surface area contributed by atoms with Crippen LogP contribution in [0.5, 0.6) is 0 Å². The molecule has 0 unspecified atom stereocenters. The smallest absolute Gasteiger partial charge is 0.00409 e. The summed E-state index contributed by atoms with van der Waals surface area (Å²) in [4.78, 5) is 0. The molecule has 0 saturated heterocycles. The lowest BCUT2D eigenvalue weighted by atomic mass is 9.66. The van der Waals surface area contributed by atoms with Crippen LogP contribution >= 0.6 is 0 Å². The van der Waals surface area contributed by atoms with Gasteiger partial charge in [0.25, 0.3) is 0 Å². The Bertz CT molecular complexity index is 536. The highest BCUT2D eigenvalue weighted by atomic mass is 14.4. The van der Waals surface area contributed by atoms with Gasteiger partial charge in [-0.05, 0) is 41.0 Å². The summed E-state index contributed by atoms with van der Waals surface area (Å²) in [6.45, 7) is 2.33. The zero-order chi connectivity index (χ0) is 13.1. The van der Waals surface area contributed by atoms with Gasteiger partial charge in [-0.1, -0.05) is 75.1 Å². The van der Waals surface area contributed by atoms with Gasteiger partial charge in [0, 0.05) is 0 Å². The van der Waals surface area contributed by atoms with Crippen LogP contribution in [0, 0.1) is 0 Å². The van der Waals surface area contributed by atoms with Crippen molar-refractivity contribution < 1.29 is 0 Å². The van der Waals surface area contributed by atoms with Gasteiger partial charge in [-0.2, -0.15) is 0 Å². The molecule has 0 amide bonds. The Morgan fingerprint density at radius 3 is 2.42 bits per heavy atom. The second-order valence-corrected chi connectivity index (χ2v) is 6.12. The summed E-state index contributed by atoms with van der Waals surface area (Å²) in [5.74, 6) is 0. The van der Waals surface area contributed by atoms with Crippen LogP contribution in [0.25, 0.3) is 10.8 Å². The minimum Gasteiger partial charge on any atom is -0.0654 e. The third kappa shape index (κ3) is 2.29. The van der Waals surface area contributed by atoms with E-state index in [1.807, 2.05) is 0 Å². The molecule has 0 N–H and O–H groups in total. The molecule has 0 aromatic heterocycles. The van der Waals surface area contributed by atoms with Gasteiger partial charge in [0.15, 0.2) is 0 Å². The summed E-state index contributed by atoms with van der Waals surface area (Å²) >= 11 is 0. The topological polar surface area (TPSA) is 0 Å². The molecule has 0 spiro atoms. The minimum absolute atomic E-state index is 0.452. The van der Waals surface area contributed by atoms with Crippen molar-refractivity contribution in [2.75, 3.05) is 0 Å². The average molecular weight is 252 g/mol. The number of fused-ring (bicyclic) bond motifs is 1. The van der Waals surface area contributed by atoms with E-state index in [1.165, 1.54) is 55.7 Å². The predicted molar refractivity (Wildman–Crippen MR) is 83.6 cm³/mol. The van der Waals surface area contributed by atoms with Gasteiger partial charge in [-0.15, -0.1) is 0 Å². The molecule has 0 atom stereocenters. The number of benzene rings is 2. The maximum absolute atomic E-state index is 2.39. The Labute approximate surface area is 116 Å². The molecule has 1 aliphatic carbocycles. The molecule has 1 fully saturated rings. The highest BCUT2D eigenvalue weighted by Gasteiger charge is 2.33. The summed E-state index contributed by atoms with van der Waals surface area (Å²) in [6, 6.07) is 15.8. The van der Waals surface area contributed by atoms with E-state index in [2.05, 4.69) is 49.4 Å². The van der Waals surface area contributed by atoms with Crippen LogP contribution < -0.4 is 0 Å². The third-order valence-corrected chi connectivity index (χ3v) is 4.90. The van der Waals surface area contributed by atoms with E-state index >= 15 is 0 Å². The summed E-state index contributed by atoms with van der Waals surface area (Å²) in [5.41, 5.74) is 2.07. The van der Waals surface area contributed by atoms with Gasteiger partial charge < -0.3 is 0 Å². The van der Waals surface area contributed by atoms with E-state index in [0.717, 1.165) is 0 Å². The van der Waals surface area contributed by atoms with Gasteiger partial charge in [-0.25, -0.2) is 0 Å². The largest absolute Gasteiger partial charge is 0.0654 e. The predicted octanol–water partition coefficient (Wildman–Crippen LogP) is 5.84. The maximum atomic E-state index is 2.39. The number of hydrogen-bond donors (Lipinski definition) is 0. The molecular weight excluding hydrogens is 228 g/mol. The maximum Gasteiger partial charge on any atom is -0.00409 e. The zero-order valence-corrected chi connectivity index (χ0v) is 12.0. The summed E-state index contributed by atoms with van der Waals surface area (Å²) in [6.07, 6.45) is 9.65. The number of hydrogen-bond acceptors (Lipinski definition) is 0. The summed E-state index contributed by atoms with van der Waals surface area (Å²) < 4.78 is 0. The van der Waals surface area contributed by atoms with Crippen LogP contribution in [0.3, 0.4) is 0 Å². The van der Waals surface area contributed by atoms with Crippen LogP contribution in [0.1, 0.15) is 57.4 Å². The van der Waals surface area contributed by atoms with Crippen LogP contribution in [0.2, 0.25) is 0 Å². The van der Waals surface area contributed by atoms with Crippen molar-refractivity contribution in [3.05, 3.63) is 48.0 Å².